The SMILES string of the molecule is CCN[C@H](C)CNC(=O)c1cccc(S(=O)(=O)Nc2ccc(F)cc2)c1. The van der Waals surface area contributed by atoms with Crippen LogP contribution in [0.4, 0.5) is 10.1 Å². The lowest BCUT2D eigenvalue weighted by molar-refractivity contribution is 0.0950. The highest BCUT2D eigenvalue weighted by Gasteiger charge is 2.17. The van der Waals surface area contributed by atoms with E-state index in [-0.39, 0.29) is 28.1 Å². The van der Waals surface area contributed by atoms with Gasteiger partial charge in [0, 0.05) is 23.8 Å². The Balaban J connectivity index is 2.11. The van der Waals surface area contributed by atoms with Crippen LogP contribution in [0.2, 0.25) is 0 Å². The number of hydrogen-bond donors (Lipinski definition) is 3. The maximum absolute atomic E-state index is 12.9. The van der Waals surface area contributed by atoms with Gasteiger partial charge >= 0.3 is 0 Å². The first-order valence-electron chi connectivity index (χ1n) is 8.22. The molecule has 0 bridgehead atoms. The normalized spacial score (nSPS) is 12.4. The summed E-state index contributed by atoms with van der Waals surface area (Å²) in [5.74, 6) is -0.813. The van der Waals surface area contributed by atoms with Crippen LogP contribution >= 0.6 is 0 Å². The minimum atomic E-state index is -3.89. The fraction of sp³-hybridized carbons (Fsp3) is 0.278. The second-order valence-electron chi connectivity index (χ2n) is 5.81. The summed E-state index contributed by atoms with van der Waals surface area (Å²) in [6, 6.07) is 10.8. The molecule has 0 aliphatic rings. The fourth-order valence-corrected chi connectivity index (χ4v) is 3.41. The summed E-state index contributed by atoms with van der Waals surface area (Å²) in [5.41, 5.74) is 0.483. The molecule has 0 saturated carbocycles. The molecular weight excluding hydrogens is 357 g/mol. The molecule has 2 aromatic rings. The molecule has 26 heavy (non-hydrogen) atoms. The smallest absolute Gasteiger partial charge is 0.261 e. The quantitative estimate of drug-likeness (QED) is 0.657. The third-order valence-corrected chi connectivity index (χ3v) is 5.00. The summed E-state index contributed by atoms with van der Waals surface area (Å²) in [4.78, 5) is 12.2. The molecular formula is C18H22FN3O3S. The number of nitrogens with one attached hydrogen (secondary N) is 3. The van der Waals surface area contributed by atoms with E-state index in [1.807, 2.05) is 13.8 Å². The van der Waals surface area contributed by atoms with E-state index < -0.39 is 15.8 Å². The number of halogens is 1. The van der Waals surface area contributed by atoms with Crippen molar-refractivity contribution < 1.29 is 17.6 Å². The number of rotatable bonds is 8. The molecule has 0 saturated heterocycles. The predicted molar refractivity (Wildman–Crippen MR) is 99.1 cm³/mol. The molecule has 6 nitrogen and oxygen atoms in total. The maximum Gasteiger partial charge on any atom is 0.261 e. The summed E-state index contributed by atoms with van der Waals surface area (Å²) in [7, 11) is -3.89. The van der Waals surface area contributed by atoms with Crippen molar-refractivity contribution in [3.05, 3.63) is 59.9 Å². The molecule has 0 fully saturated rings. The van der Waals surface area contributed by atoms with Crippen molar-refractivity contribution in [1.29, 1.82) is 0 Å². The Bertz CT molecular complexity index is 854. The van der Waals surface area contributed by atoms with Gasteiger partial charge < -0.3 is 10.6 Å². The van der Waals surface area contributed by atoms with Gasteiger partial charge in [0.15, 0.2) is 0 Å². The van der Waals surface area contributed by atoms with Crippen LogP contribution in [0.5, 0.6) is 0 Å². The summed E-state index contributed by atoms with van der Waals surface area (Å²) in [6.07, 6.45) is 0. The minimum absolute atomic E-state index is 0.0470. The Morgan fingerprint density at radius 3 is 2.50 bits per heavy atom. The van der Waals surface area contributed by atoms with Crippen molar-refractivity contribution in [3.63, 3.8) is 0 Å². The van der Waals surface area contributed by atoms with Gasteiger partial charge in [-0.05, 0) is 55.9 Å². The van der Waals surface area contributed by atoms with Crippen molar-refractivity contribution in [2.75, 3.05) is 17.8 Å². The highest BCUT2D eigenvalue weighted by Crippen LogP contribution is 2.17. The molecule has 0 aromatic heterocycles. The van der Waals surface area contributed by atoms with Gasteiger partial charge in [-0.3, -0.25) is 9.52 Å². The third-order valence-electron chi connectivity index (χ3n) is 3.62. The van der Waals surface area contributed by atoms with Crippen molar-refractivity contribution in [1.82, 2.24) is 10.6 Å². The van der Waals surface area contributed by atoms with Gasteiger partial charge in [0.1, 0.15) is 5.82 Å². The number of likely N-dealkylation sites (N-methyl/N-ethyl adjacent to an activating group) is 1. The van der Waals surface area contributed by atoms with Gasteiger partial charge in [-0.2, -0.15) is 0 Å². The standard InChI is InChI=1S/C18H22FN3O3S/c1-3-20-13(2)12-21-18(23)14-5-4-6-17(11-14)26(24,25)22-16-9-7-15(19)8-10-16/h4-11,13,20,22H,3,12H2,1-2H3,(H,21,23)/t13-/m1/s1. The molecule has 0 heterocycles. The van der Waals surface area contributed by atoms with Crippen LogP contribution < -0.4 is 15.4 Å². The third kappa shape index (κ3) is 5.53. The zero-order valence-electron chi connectivity index (χ0n) is 14.6. The zero-order chi connectivity index (χ0) is 19.2. The molecule has 0 radical (unpaired) electrons. The van der Waals surface area contributed by atoms with Crippen LogP contribution in [0.25, 0.3) is 0 Å². The largest absolute Gasteiger partial charge is 0.350 e. The summed E-state index contributed by atoms with van der Waals surface area (Å²) >= 11 is 0. The van der Waals surface area contributed by atoms with E-state index in [0.29, 0.717) is 6.54 Å². The Kier molecular flexibility index (Phi) is 6.70. The van der Waals surface area contributed by atoms with E-state index in [1.165, 1.54) is 30.3 Å². The second kappa shape index (κ2) is 8.77. The van der Waals surface area contributed by atoms with Crippen LogP contribution in [0.1, 0.15) is 24.2 Å². The average Bonchev–Trinajstić information content (AvgIpc) is 2.62. The van der Waals surface area contributed by atoms with Crippen LogP contribution in [0, 0.1) is 5.82 Å². The monoisotopic (exact) mass is 379 g/mol. The van der Waals surface area contributed by atoms with Gasteiger partial charge in [0.2, 0.25) is 0 Å². The molecule has 2 aromatic carbocycles. The van der Waals surface area contributed by atoms with Gasteiger partial charge in [0.25, 0.3) is 15.9 Å². The molecule has 1 amide bonds. The lowest BCUT2D eigenvalue weighted by Gasteiger charge is -2.14. The van der Waals surface area contributed by atoms with Gasteiger partial charge in [-0.25, -0.2) is 12.8 Å². The number of carbonyl (C=O) groups is 1. The molecule has 0 aliphatic carbocycles. The van der Waals surface area contributed by atoms with Crippen molar-refractivity contribution in [3.8, 4) is 0 Å². The number of hydrogen-bond acceptors (Lipinski definition) is 4. The van der Waals surface area contributed by atoms with E-state index >= 15 is 0 Å². The highest BCUT2D eigenvalue weighted by atomic mass is 32.2. The molecule has 1 atom stereocenters. The first-order valence-corrected chi connectivity index (χ1v) is 9.70. The second-order valence-corrected chi connectivity index (χ2v) is 7.49. The molecule has 3 N–H and O–H groups in total. The Morgan fingerprint density at radius 1 is 1.15 bits per heavy atom. The Morgan fingerprint density at radius 2 is 1.85 bits per heavy atom. The van der Waals surface area contributed by atoms with Gasteiger partial charge in [-0.15, -0.1) is 0 Å². The lowest BCUT2D eigenvalue weighted by Crippen LogP contribution is -2.38. The number of carbonyl (C=O) groups excluding carboxylic acids is 1. The van der Waals surface area contributed by atoms with E-state index in [2.05, 4.69) is 15.4 Å². The van der Waals surface area contributed by atoms with Crippen LogP contribution in [0.15, 0.2) is 53.4 Å². The lowest BCUT2D eigenvalue weighted by atomic mass is 10.2. The number of benzene rings is 2. The molecule has 8 heteroatoms. The Hall–Kier alpha value is -2.45. The summed E-state index contributed by atoms with van der Waals surface area (Å²) in [5, 5.41) is 5.93. The maximum atomic E-state index is 12.9. The summed E-state index contributed by atoms with van der Waals surface area (Å²) < 4.78 is 40.2. The molecule has 2 rings (SSSR count). The molecule has 0 spiro atoms. The predicted octanol–water partition coefficient (Wildman–Crippen LogP) is 2.35. The van der Waals surface area contributed by atoms with Crippen LogP contribution in [-0.4, -0.2) is 33.5 Å². The van der Waals surface area contributed by atoms with Crippen molar-refractivity contribution in [2.24, 2.45) is 0 Å². The number of anilines is 1. The summed E-state index contributed by atoms with van der Waals surface area (Å²) in [6.45, 7) is 5.13. The molecule has 140 valence electrons. The Labute approximate surface area is 152 Å². The number of sulfonamides is 1. The van der Waals surface area contributed by atoms with Crippen LogP contribution in [-0.2, 0) is 10.0 Å². The van der Waals surface area contributed by atoms with Crippen molar-refractivity contribution >= 4 is 21.6 Å². The van der Waals surface area contributed by atoms with E-state index in [1.54, 1.807) is 6.07 Å². The molecule has 0 unspecified atom stereocenters. The first-order chi connectivity index (χ1) is 12.3. The van der Waals surface area contributed by atoms with E-state index in [0.717, 1.165) is 18.7 Å². The highest BCUT2D eigenvalue weighted by molar-refractivity contribution is 7.92. The topological polar surface area (TPSA) is 87.3 Å². The first kappa shape index (κ1) is 19.9. The van der Waals surface area contributed by atoms with Gasteiger partial charge in [-0.1, -0.05) is 13.0 Å². The zero-order valence-corrected chi connectivity index (χ0v) is 15.4. The fourth-order valence-electron chi connectivity index (χ4n) is 2.30. The minimum Gasteiger partial charge on any atom is -0.350 e. The average molecular weight is 379 g/mol. The molecule has 0 aliphatic heterocycles. The number of amides is 1. The van der Waals surface area contributed by atoms with Crippen molar-refractivity contribution in [2.45, 2.75) is 24.8 Å². The van der Waals surface area contributed by atoms with E-state index in [9.17, 15) is 17.6 Å². The van der Waals surface area contributed by atoms with Crippen LogP contribution in [0.3, 0.4) is 0 Å². The van der Waals surface area contributed by atoms with E-state index in [4.69, 9.17) is 0 Å². The van der Waals surface area contributed by atoms with Gasteiger partial charge in [0.05, 0.1) is 4.90 Å².